The molecule has 0 aliphatic carbocycles. The van der Waals surface area contributed by atoms with Crippen LogP contribution in [0.4, 0.5) is 5.69 Å². The number of anilines is 1. The van der Waals surface area contributed by atoms with Crippen molar-refractivity contribution in [3.63, 3.8) is 0 Å². The molecule has 1 unspecified atom stereocenters. The van der Waals surface area contributed by atoms with Gasteiger partial charge in [-0.05, 0) is 19.1 Å². The molecular weight excluding hydrogens is 174 g/mol. The lowest BCUT2D eigenvalue weighted by atomic mass is 10.1. The largest absolute Gasteiger partial charge is 0.362 e. The molecule has 1 heterocycles. The number of benzene rings is 1. The Morgan fingerprint density at radius 1 is 1.36 bits per heavy atom. The molecule has 14 heavy (non-hydrogen) atoms. The summed E-state index contributed by atoms with van der Waals surface area (Å²) < 4.78 is 0. The number of hydrogen-bond acceptors (Lipinski definition) is 1. The topological polar surface area (TPSA) is 39.6 Å². The molecule has 2 rings (SSSR count). The molecule has 1 fully saturated rings. The Morgan fingerprint density at radius 3 is 2.64 bits per heavy atom. The van der Waals surface area contributed by atoms with Crippen molar-refractivity contribution in [2.45, 2.75) is 6.92 Å². The summed E-state index contributed by atoms with van der Waals surface area (Å²) in [4.78, 5) is 5.54. The van der Waals surface area contributed by atoms with E-state index >= 15 is 0 Å². The molecule has 1 aromatic rings. The first-order valence-electron chi connectivity index (χ1n) is 4.82. The normalized spacial score (nSPS) is 21.1. The van der Waals surface area contributed by atoms with E-state index in [-0.39, 0.29) is 0 Å². The average molecular weight is 187 g/mol. The summed E-state index contributed by atoms with van der Waals surface area (Å²) in [5.74, 6) is 0.347. The van der Waals surface area contributed by atoms with Crippen molar-refractivity contribution in [3.05, 3.63) is 35.9 Å². The average Bonchev–Trinajstić information content (AvgIpc) is 2.61. The van der Waals surface area contributed by atoms with E-state index in [1.807, 2.05) is 18.2 Å². The van der Waals surface area contributed by atoms with Gasteiger partial charge in [-0.25, -0.2) is 0 Å². The quantitative estimate of drug-likeness (QED) is 0.488. The summed E-state index contributed by atoms with van der Waals surface area (Å²) in [5, 5.41) is 0. The van der Waals surface area contributed by atoms with E-state index in [1.165, 1.54) is 5.69 Å². The van der Waals surface area contributed by atoms with Crippen molar-refractivity contribution in [3.8, 4) is 0 Å². The molecule has 0 saturated carbocycles. The van der Waals surface area contributed by atoms with Crippen molar-refractivity contribution in [2.24, 2.45) is 5.92 Å². The van der Waals surface area contributed by atoms with Crippen LogP contribution in [0.1, 0.15) is 6.92 Å². The van der Waals surface area contributed by atoms with Gasteiger partial charge in [-0.3, -0.25) is 0 Å². The van der Waals surface area contributed by atoms with Crippen LogP contribution in [0.3, 0.4) is 0 Å². The van der Waals surface area contributed by atoms with Gasteiger partial charge in [0.1, 0.15) is 6.54 Å². The third-order valence-corrected chi connectivity index (χ3v) is 2.67. The lowest BCUT2D eigenvalue weighted by Gasteiger charge is -2.15. The molecule has 1 aliphatic rings. The van der Waals surface area contributed by atoms with Gasteiger partial charge < -0.3 is 10.4 Å². The first-order chi connectivity index (χ1) is 6.81. The smallest absolute Gasteiger partial charge is 0.292 e. The van der Waals surface area contributed by atoms with Crippen molar-refractivity contribution in [1.82, 2.24) is 0 Å². The third kappa shape index (κ3) is 1.54. The van der Waals surface area contributed by atoms with Gasteiger partial charge in [-0.1, -0.05) is 18.2 Å². The first-order valence-corrected chi connectivity index (χ1v) is 4.82. The van der Waals surface area contributed by atoms with Gasteiger partial charge >= 0.3 is 0 Å². The molecule has 0 amide bonds. The molecule has 0 bridgehead atoms. The Labute approximate surface area is 83.6 Å². The highest BCUT2D eigenvalue weighted by molar-refractivity contribution is 5.89. The van der Waals surface area contributed by atoms with E-state index in [2.05, 4.69) is 28.7 Å². The van der Waals surface area contributed by atoms with Crippen molar-refractivity contribution in [2.75, 3.05) is 18.0 Å². The standard InChI is InChI=1S/C11H13N3/c1-9-7-14(8-11(9)13-12)10-5-3-2-4-6-10/h2-6,9H,7-8H2,1H3. The number of para-hydroxylation sites is 1. The minimum atomic E-state index is 0.347. The Balaban J connectivity index is 2.21. The maximum Gasteiger partial charge on any atom is 0.292 e. The lowest BCUT2D eigenvalue weighted by Crippen LogP contribution is -2.19. The second-order valence-corrected chi connectivity index (χ2v) is 3.71. The van der Waals surface area contributed by atoms with Crippen LogP contribution in [-0.4, -0.2) is 23.6 Å². The van der Waals surface area contributed by atoms with Crippen molar-refractivity contribution >= 4 is 11.4 Å². The van der Waals surface area contributed by atoms with E-state index in [0.717, 1.165) is 18.8 Å². The van der Waals surface area contributed by atoms with Gasteiger partial charge in [0.2, 0.25) is 0 Å². The summed E-state index contributed by atoms with van der Waals surface area (Å²) in [6.07, 6.45) is 0. The molecular formula is C11H13N3. The SMILES string of the molecule is CC1CN(c2ccccc2)CC1=[N+]=[N-]. The molecule has 0 spiro atoms. The Morgan fingerprint density at radius 2 is 2.07 bits per heavy atom. The van der Waals surface area contributed by atoms with Crippen LogP contribution >= 0.6 is 0 Å². The molecule has 1 saturated heterocycles. The van der Waals surface area contributed by atoms with Gasteiger partial charge in [-0.15, -0.1) is 0 Å². The number of hydrogen-bond donors (Lipinski definition) is 0. The zero-order valence-electron chi connectivity index (χ0n) is 8.22. The van der Waals surface area contributed by atoms with Gasteiger partial charge in [0, 0.05) is 12.2 Å². The van der Waals surface area contributed by atoms with Gasteiger partial charge in [-0.2, -0.15) is 4.79 Å². The van der Waals surface area contributed by atoms with Crippen LogP contribution in [0.5, 0.6) is 0 Å². The van der Waals surface area contributed by atoms with Crippen LogP contribution in [-0.2, 0) is 0 Å². The molecule has 3 nitrogen and oxygen atoms in total. The minimum absolute atomic E-state index is 0.347. The van der Waals surface area contributed by atoms with Crippen molar-refractivity contribution < 1.29 is 4.79 Å². The highest BCUT2D eigenvalue weighted by Crippen LogP contribution is 2.20. The van der Waals surface area contributed by atoms with Gasteiger partial charge in [0.15, 0.2) is 0 Å². The summed E-state index contributed by atoms with van der Waals surface area (Å²) in [7, 11) is 0. The highest BCUT2D eigenvalue weighted by Gasteiger charge is 2.31. The molecule has 0 radical (unpaired) electrons. The fourth-order valence-electron chi connectivity index (χ4n) is 1.82. The minimum Gasteiger partial charge on any atom is -0.362 e. The summed E-state index contributed by atoms with van der Waals surface area (Å²) >= 11 is 0. The molecule has 1 atom stereocenters. The highest BCUT2D eigenvalue weighted by atomic mass is 15.2. The van der Waals surface area contributed by atoms with Gasteiger partial charge in [0.25, 0.3) is 5.71 Å². The zero-order chi connectivity index (χ0) is 9.97. The first kappa shape index (κ1) is 8.97. The Kier molecular flexibility index (Phi) is 2.33. The fraction of sp³-hybridized carbons (Fsp3) is 0.364. The Bertz CT molecular complexity index is 365. The monoisotopic (exact) mass is 187 g/mol. The second-order valence-electron chi connectivity index (χ2n) is 3.71. The van der Waals surface area contributed by atoms with E-state index in [1.54, 1.807) is 0 Å². The summed E-state index contributed by atoms with van der Waals surface area (Å²) in [6.45, 7) is 3.75. The molecule has 3 heteroatoms. The lowest BCUT2D eigenvalue weighted by molar-refractivity contribution is -0.0112. The maximum absolute atomic E-state index is 8.76. The van der Waals surface area contributed by atoms with Crippen LogP contribution in [0.15, 0.2) is 30.3 Å². The number of nitrogens with zero attached hydrogens (tertiary/aromatic N) is 3. The third-order valence-electron chi connectivity index (χ3n) is 2.67. The molecule has 0 aromatic heterocycles. The van der Waals surface area contributed by atoms with Crippen LogP contribution in [0.2, 0.25) is 0 Å². The predicted octanol–water partition coefficient (Wildman–Crippen LogP) is 1.81. The number of rotatable bonds is 1. The van der Waals surface area contributed by atoms with Gasteiger partial charge in [0.05, 0.1) is 5.92 Å². The summed E-state index contributed by atoms with van der Waals surface area (Å²) in [6, 6.07) is 10.2. The predicted molar refractivity (Wildman–Crippen MR) is 56.4 cm³/mol. The fourth-order valence-corrected chi connectivity index (χ4v) is 1.82. The van der Waals surface area contributed by atoms with Crippen LogP contribution < -0.4 is 4.90 Å². The van der Waals surface area contributed by atoms with E-state index in [4.69, 9.17) is 5.53 Å². The summed E-state index contributed by atoms with van der Waals surface area (Å²) in [5.41, 5.74) is 10.8. The van der Waals surface area contributed by atoms with Crippen molar-refractivity contribution in [1.29, 1.82) is 0 Å². The molecule has 1 aromatic carbocycles. The molecule has 72 valence electrons. The molecule has 1 aliphatic heterocycles. The zero-order valence-corrected chi connectivity index (χ0v) is 8.22. The molecule has 0 N–H and O–H groups in total. The maximum atomic E-state index is 8.76. The van der Waals surface area contributed by atoms with E-state index in [0.29, 0.717) is 5.92 Å². The van der Waals surface area contributed by atoms with E-state index < -0.39 is 0 Å². The Hall–Kier alpha value is -1.60. The van der Waals surface area contributed by atoms with E-state index in [9.17, 15) is 0 Å². The second kappa shape index (κ2) is 3.64. The van der Waals surface area contributed by atoms with Crippen LogP contribution in [0, 0.1) is 5.92 Å². The van der Waals surface area contributed by atoms with Crippen LogP contribution in [0.25, 0.3) is 5.53 Å².